The third-order valence-corrected chi connectivity index (χ3v) is 2.69. The number of fused-ring (bicyclic) bond motifs is 1. The second-order valence-corrected chi connectivity index (χ2v) is 3.84. The molecule has 1 heterocycles. The van der Waals surface area contributed by atoms with Crippen molar-refractivity contribution in [2.75, 3.05) is 13.2 Å². The van der Waals surface area contributed by atoms with Gasteiger partial charge in [0.15, 0.2) is 11.3 Å². The largest absolute Gasteiger partial charge is 0.490 e. The van der Waals surface area contributed by atoms with E-state index in [0.717, 1.165) is 10.9 Å². The van der Waals surface area contributed by atoms with Gasteiger partial charge in [-0.15, -0.1) is 0 Å². The van der Waals surface area contributed by atoms with Gasteiger partial charge in [-0.2, -0.15) is 0 Å². The van der Waals surface area contributed by atoms with E-state index >= 15 is 0 Å². The lowest BCUT2D eigenvalue weighted by Crippen LogP contribution is -2.04. The molecule has 0 saturated heterocycles. The summed E-state index contributed by atoms with van der Waals surface area (Å²) in [6.07, 6.45) is 0. The fourth-order valence-corrected chi connectivity index (χ4v) is 1.88. The van der Waals surface area contributed by atoms with Crippen LogP contribution in [0.5, 0.6) is 5.75 Å². The maximum Gasteiger partial charge on any atom is 0.374 e. The molecule has 0 bridgehead atoms. The first kappa shape index (κ1) is 12.5. The molecule has 0 fully saturated rings. The minimum Gasteiger partial charge on any atom is -0.490 e. The molecule has 4 nitrogen and oxygen atoms in total. The Bertz CT molecular complexity index is 568. The molecule has 0 aliphatic carbocycles. The van der Waals surface area contributed by atoms with Gasteiger partial charge in [-0.3, -0.25) is 0 Å². The van der Waals surface area contributed by atoms with Crippen LogP contribution in [0.3, 0.4) is 0 Å². The summed E-state index contributed by atoms with van der Waals surface area (Å²) in [6.45, 7) is 6.39. The van der Waals surface area contributed by atoms with E-state index in [0.29, 0.717) is 24.5 Å². The highest BCUT2D eigenvalue weighted by Gasteiger charge is 2.20. The molecule has 1 aromatic carbocycles. The first-order valence-corrected chi connectivity index (χ1v) is 6.01. The number of rotatable bonds is 4. The highest BCUT2D eigenvalue weighted by atomic mass is 16.5. The Labute approximate surface area is 105 Å². The molecule has 1 aromatic heterocycles. The standard InChI is InChI=1S/C14H16O4/c1-4-16-11-8-6-7-10-9(3)12(18-13(10)11)14(15)17-5-2/h6-8H,4-5H2,1-3H3. The van der Waals surface area contributed by atoms with Crippen molar-refractivity contribution in [3.8, 4) is 5.75 Å². The summed E-state index contributed by atoms with van der Waals surface area (Å²) in [7, 11) is 0. The Kier molecular flexibility index (Phi) is 3.55. The molecule has 2 rings (SSSR count). The normalized spacial score (nSPS) is 10.6. The number of hydrogen-bond donors (Lipinski definition) is 0. The summed E-state index contributed by atoms with van der Waals surface area (Å²) in [5.74, 6) is 0.460. The van der Waals surface area contributed by atoms with E-state index < -0.39 is 5.97 Å². The SMILES string of the molecule is CCOC(=O)c1oc2c(OCC)cccc2c1C. The van der Waals surface area contributed by atoms with Gasteiger partial charge in [-0.25, -0.2) is 4.79 Å². The molecule has 0 unspecified atom stereocenters. The summed E-state index contributed by atoms with van der Waals surface area (Å²) in [6, 6.07) is 5.61. The first-order chi connectivity index (χ1) is 8.69. The average Bonchev–Trinajstić information content (AvgIpc) is 2.69. The zero-order valence-electron chi connectivity index (χ0n) is 10.8. The molecule has 2 aromatic rings. The molecule has 0 amide bonds. The molecule has 0 saturated carbocycles. The lowest BCUT2D eigenvalue weighted by molar-refractivity contribution is 0.0491. The van der Waals surface area contributed by atoms with Gasteiger partial charge in [-0.1, -0.05) is 12.1 Å². The summed E-state index contributed by atoms with van der Waals surface area (Å²) < 4.78 is 16.0. The second-order valence-electron chi connectivity index (χ2n) is 3.84. The van der Waals surface area contributed by atoms with E-state index in [9.17, 15) is 4.79 Å². The van der Waals surface area contributed by atoms with Crippen LogP contribution in [0, 0.1) is 6.92 Å². The summed E-state index contributed by atoms with van der Waals surface area (Å²) >= 11 is 0. The van der Waals surface area contributed by atoms with Crippen molar-refractivity contribution in [1.82, 2.24) is 0 Å². The maximum absolute atomic E-state index is 11.7. The van der Waals surface area contributed by atoms with Crippen molar-refractivity contribution in [2.45, 2.75) is 20.8 Å². The highest BCUT2D eigenvalue weighted by Crippen LogP contribution is 2.32. The van der Waals surface area contributed by atoms with Crippen molar-refractivity contribution in [2.24, 2.45) is 0 Å². The van der Waals surface area contributed by atoms with E-state index in [1.807, 2.05) is 32.0 Å². The van der Waals surface area contributed by atoms with E-state index in [2.05, 4.69) is 0 Å². The lowest BCUT2D eigenvalue weighted by atomic mass is 10.1. The fourth-order valence-electron chi connectivity index (χ4n) is 1.88. The Morgan fingerprint density at radius 1 is 1.28 bits per heavy atom. The van der Waals surface area contributed by atoms with Gasteiger partial charge in [0.05, 0.1) is 13.2 Å². The van der Waals surface area contributed by atoms with Crippen LogP contribution in [-0.2, 0) is 4.74 Å². The molecule has 0 atom stereocenters. The third-order valence-electron chi connectivity index (χ3n) is 2.69. The van der Waals surface area contributed by atoms with Crippen LogP contribution in [0.1, 0.15) is 30.0 Å². The van der Waals surface area contributed by atoms with Crippen LogP contribution in [-0.4, -0.2) is 19.2 Å². The molecule has 0 aliphatic heterocycles. The smallest absolute Gasteiger partial charge is 0.374 e. The fraction of sp³-hybridized carbons (Fsp3) is 0.357. The Morgan fingerprint density at radius 2 is 2.06 bits per heavy atom. The molecule has 4 heteroatoms. The minimum atomic E-state index is -0.436. The Balaban J connectivity index is 2.54. The number of carbonyl (C=O) groups is 1. The second kappa shape index (κ2) is 5.12. The van der Waals surface area contributed by atoms with Gasteiger partial charge in [0, 0.05) is 10.9 Å². The van der Waals surface area contributed by atoms with Crippen LogP contribution in [0.15, 0.2) is 22.6 Å². The van der Waals surface area contributed by atoms with Gasteiger partial charge >= 0.3 is 5.97 Å². The van der Waals surface area contributed by atoms with Gasteiger partial charge in [0.25, 0.3) is 0 Å². The van der Waals surface area contributed by atoms with Crippen LogP contribution in [0.2, 0.25) is 0 Å². The van der Waals surface area contributed by atoms with Crippen molar-refractivity contribution in [1.29, 1.82) is 0 Å². The van der Waals surface area contributed by atoms with E-state index in [1.165, 1.54) is 0 Å². The predicted molar refractivity (Wildman–Crippen MR) is 68.1 cm³/mol. The molecule has 18 heavy (non-hydrogen) atoms. The molecular weight excluding hydrogens is 232 g/mol. The zero-order valence-corrected chi connectivity index (χ0v) is 10.8. The monoisotopic (exact) mass is 248 g/mol. The van der Waals surface area contributed by atoms with Crippen molar-refractivity contribution >= 4 is 16.9 Å². The molecule has 0 spiro atoms. The Morgan fingerprint density at radius 3 is 2.72 bits per heavy atom. The highest BCUT2D eigenvalue weighted by molar-refractivity contribution is 5.97. The quantitative estimate of drug-likeness (QED) is 0.779. The minimum absolute atomic E-state index is 0.249. The molecule has 0 radical (unpaired) electrons. The van der Waals surface area contributed by atoms with E-state index in [-0.39, 0.29) is 5.76 Å². The molecule has 0 N–H and O–H groups in total. The number of hydrogen-bond acceptors (Lipinski definition) is 4. The number of aryl methyl sites for hydroxylation is 1. The molecule has 96 valence electrons. The summed E-state index contributed by atoms with van der Waals surface area (Å²) in [5, 5.41) is 0.879. The lowest BCUT2D eigenvalue weighted by Gasteiger charge is -2.02. The molecular formula is C14H16O4. The van der Waals surface area contributed by atoms with Crippen molar-refractivity contribution < 1.29 is 18.7 Å². The van der Waals surface area contributed by atoms with Gasteiger partial charge in [0.2, 0.25) is 5.76 Å². The van der Waals surface area contributed by atoms with Gasteiger partial charge in [-0.05, 0) is 26.8 Å². The number of benzene rings is 1. The maximum atomic E-state index is 11.7. The first-order valence-electron chi connectivity index (χ1n) is 6.01. The topological polar surface area (TPSA) is 48.7 Å². The zero-order chi connectivity index (χ0) is 13.1. The number of ether oxygens (including phenoxy) is 2. The summed E-state index contributed by atoms with van der Waals surface area (Å²) in [4.78, 5) is 11.7. The Hall–Kier alpha value is -1.97. The van der Waals surface area contributed by atoms with E-state index in [1.54, 1.807) is 6.92 Å². The van der Waals surface area contributed by atoms with Crippen LogP contribution in [0.4, 0.5) is 0 Å². The predicted octanol–water partition coefficient (Wildman–Crippen LogP) is 3.32. The average molecular weight is 248 g/mol. The van der Waals surface area contributed by atoms with Gasteiger partial charge < -0.3 is 13.9 Å². The van der Waals surface area contributed by atoms with Crippen LogP contribution in [0.25, 0.3) is 11.0 Å². The van der Waals surface area contributed by atoms with Gasteiger partial charge in [0.1, 0.15) is 0 Å². The van der Waals surface area contributed by atoms with Crippen molar-refractivity contribution in [3.63, 3.8) is 0 Å². The number of para-hydroxylation sites is 1. The number of furan rings is 1. The van der Waals surface area contributed by atoms with Crippen LogP contribution < -0.4 is 4.74 Å². The number of esters is 1. The molecule has 0 aliphatic rings. The van der Waals surface area contributed by atoms with Crippen molar-refractivity contribution in [3.05, 3.63) is 29.5 Å². The number of carbonyl (C=O) groups excluding carboxylic acids is 1. The van der Waals surface area contributed by atoms with Crippen LogP contribution >= 0.6 is 0 Å². The van der Waals surface area contributed by atoms with E-state index in [4.69, 9.17) is 13.9 Å². The summed E-state index contributed by atoms with van der Waals surface area (Å²) in [5.41, 5.74) is 1.38. The third kappa shape index (κ3) is 2.06.